The molecule has 1 aliphatic rings. The summed E-state index contributed by atoms with van der Waals surface area (Å²) in [5.41, 5.74) is 9.47. The number of nitrogens with two attached hydrogens (primary N) is 1. The second kappa shape index (κ2) is 5.54. The van der Waals surface area contributed by atoms with Crippen molar-refractivity contribution >= 4 is 0 Å². The molecule has 0 heterocycles. The maximum atomic E-state index is 6.02. The normalized spacial score (nSPS) is 15.7. The molecule has 2 heteroatoms. The molecule has 1 aliphatic carbocycles. The predicted molar refractivity (Wildman–Crippen MR) is 71.5 cm³/mol. The lowest BCUT2D eigenvalue weighted by Gasteiger charge is -2.26. The first kappa shape index (κ1) is 12.4. The quantitative estimate of drug-likeness (QED) is 0.848. The Morgan fingerprint density at radius 3 is 2.65 bits per heavy atom. The van der Waals surface area contributed by atoms with E-state index in [0.29, 0.717) is 6.54 Å². The van der Waals surface area contributed by atoms with E-state index in [1.54, 1.807) is 0 Å². The van der Waals surface area contributed by atoms with Crippen LogP contribution < -0.4 is 10.5 Å². The van der Waals surface area contributed by atoms with Gasteiger partial charge in [-0.15, -0.1) is 0 Å². The van der Waals surface area contributed by atoms with Gasteiger partial charge in [-0.05, 0) is 56.7 Å². The highest BCUT2D eigenvalue weighted by molar-refractivity contribution is 5.44. The zero-order valence-corrected chi connectivity index (χ0v) is 11.0. The zero-order chi connectivity index (χ0) is 12.3. The maximum Gasteiger partial charge on any atom is 0.125 e. The standard InChI is InChI=1S/C15H23NO/c1-11-8-12(2)15(14(9-11)6-7-16)17-10-13-4-3-5-13/h8-9,13H,3-7,10,16H2,1-2H3. The van der Waals surface area contributed by atoms with Crippen molar-refractivity contribution < 1.29 is 4.74 Å². The third kappa shape index (κ3) is 3.01. The molecule has 0 unspecified atom stereocenters. The SMILES string of the molecule is Cc1cc(C)c(OCC2CCC2)c(CCN)c1. The lowest BCUT2D eigenvalue weighted by molar-refractivity contribution is 0.178. The van der Waals surface area contributed by atoms with Crippen molar-refractivity contribution in [3.63, 3.8) is 0 Å². The minimum absolute atomic E-state index is 0.683. The molecule has 0 aliphatic heterocycles. The van der Waals surface area contributed by atoms with Crippen molar-refractivity contribution in [1.82, 2.24) is 0 Å². The third-order valence-corrected chi connectivity index (χ3v) is 3.60. The number of rotatable bonds is 5. The molecule has 2 rings (SSSR count). The van der Waals surface area contributed by atoms with Crippen molar-refractivity contribution in [1.29, 1.82) is 0 Å². The van der Waals surface area contributed by atoms with Gasteiger partial charge in [-0.25, -0.2) is 0 Å². The summed E-state index contributed by atoms with van der Waals surface area (Å²) >= 11 is 0. The fourth-order valence-electron chi connectivity index (χ4n) is 2.45. The van der Waals surface area contributed by atoms with E-state index in [1.165, 1.54) is 36.0 Å². The molecule has 0 radical (unpaired) electrons. The third-order valence-electron chi connectivity index (χ3n) is 3.60. The molecule has 0 saturated heterocycles. The molecular weight excluding hydrogens is 210 g/mol. The summed E-state index contributed by atoms with van der Waals surface area (Å²) < 4.78 is 6.02. The van der Waals surface area contributed by atoms with Crippen LogP contribution in [0.5, 0.6) is 5.75 Å². The molecule has 0 atom stereocenters. The molecule has 1 aromatic carbocycles. The van der Waals surface area contributed by atoms with Gasteiger partial charge >= 0.3 is 0 Å². The second-order valence-corrected chi connectivity index (χ2v) is 5.22. The molecule has 17 heavy (non-hydrogen) atoms. The van der Waals surface area contributed by atoms with Crippen molar-refractivity contribution in [3.8, 4) is 5.75 Å². The van der Waals surface area contributed by atoms with Crippen LogP contribution in [0.15, 0.2) is 12.1 Å². The van der Waals surface area contributed by atoms with Crippen LogP contribution in [0, 0.1) is 19.8 Å². The van der Waals surface area contributed by atoms with E-state index < -0.39 is 0 Å². The Morgan fingerprint density at radius 1 is 1.29 bits per heavy atom. The van der Waals surface area contributed by atoms with Crippen LogP contribution >= 0.6 is 0 Å². The summed E-state index contributed by atoms with van der Waals surface area (Å²) in [4.78, 5) is 0. The Balaban J connectivity index is 2.11. The second-order valence-electron chi connectivity index (χ2n) is 5.22. The highest BCUT2D eigenvalue weighted by Gasteiger charge is 2.19. The van der Waals surface area contributed by atoms with E-state index in [-0.39, 0.29) is 0 Å². The van der Waals surface area contributed by atoms with E-state index in [4.69, 9.17) is 10.5 Å². The van der Waals surface area contributed by atoms with Gasteiger partial charge < -0.3 is 10.5 Å². The Bertz CT molecular complexity index is 383. The van der Waals surface area contributed by atoms with Gasteiger partial charge in [0.2, 0.25) is 0 Å². The van der Waals surface area contributed by atoms with Crippen molar-refractivity contribution in [2.75, 3.05) is 13.2 Å². The van der Waals surface area contributed by atoms with E-state index in [1.807, 2.05) is 0 Å². The monoisotopic (exact) mass is 233 g/mol. The summed E-state index contributed by atoms with van der Waals surface area (Å²) in [5.74, 6) is 1.86. The molecule has 2 nitrogen and oxygen atoms in total. The number of aryl methyl sites for hydroxylation is 2. The summed E-state index contributed by atoms with van der Waals surface area (Å²) in [5, 5.41) is 0. The molecule has 0 amide bonds. The van der Waals surface area contributed by atoms with Gasteiger partial charge in [0.05, 0.1) is 6.61 Å². The summed E-state index contributed by atoms with van der Waals surface area (Å²) in [7, 11) is 0. The van der Waals surface area contributed by atoms with E-state index in [9.17, 15) is 0 Å². The van der Waals surface area contributed by atoms with Gasteiger partial charge in [0, 0.05) is 0 Å². The van der Waals surface area contributed by atoms with E-state index in [2.05, 4.69) is 26.0 Å². The topological polar surface area (TPSA) is 35.2 Å². The minimum atomic E-state index is 0.683. The van der Waals surface area contributed by atoms with E-state index in [0.717, 1.165) is 24.7 Å². The highest BCUT2D eigenvalue weighted by atomic mass is 16.5. The van der Waals surface area contributed by atoms with Gasteiger partial charge in [-0.2, -0.15) is 0 Å². The van der Waals surface area contributed by atoms with Crippen LogP contribution in [0.3, 0.4) is 0 Å². The molecule has 1 fully saturated rings. The minimum Gasteiger partial charge on any atom is -0.493 e. The van der Waals surface area contributed by atoms with Crippen molar-refractivity contribution in [2.24, 2.45) is 11.7 Å². The van der Waals surface area contributed by atoms with Crippen LogP contribution in [0.1, 0.15) is 36.0 Å². The summed E-state index contributed by atoms with van der Waals surface area (Å²) in [6.45, 7) is 5.82. The summed E-state index contributed by atoms with van der Waals surface area (Å²) in [6.07, 6.45) is 4.94. The molecule has 0 spiro atoms. The first-order valence-corrected chi connectivity index (χ1v) is 6.63. The Labute approximate surface area is 104 Å². The number of hydrogen-bond donors (Lipinski definition) is 1. The Kier molecular flexibility index (Phi) is 4.06. The number of hydrogen-bond acceptors (Lipinski definition) is 2. The van der Waals surface area contributed by atoms with Gasteiger partial charge in [0.15, 0.2) is 0 Å². The molecule has 1 saturated carbocycles. The van der Waals surface area contributed by atoms with Gasteiger partial charge in [0.25, 0.3) is 0 Å². The van der Waals surface area contributed by atoms with Gasteiger partial charge in [-0.3, -0.25) is 0 Å². The number of benzene rings is 1. The zero-order valence-electron chi connectivity index (χ0n) is 11.0. The van der Waals surface area contributed by atoms with E-state index >= 15 is 0 Å². The Hall–Kier alpha value is -1.02. The fourth-order valence-corrected chi connectivity index (χ4v) is 2.45. The maximum absolute atomic E-state index is 6.02. The molecular formula is C15H23NO. The molecule has 0 bridgehead atoms. The van der Waals surface area contributed by atoms with Crippen LogP contribution in [-0.2, 0) is 6.42 Å². The Morgan fingerprint density at radius 2 is 2.06 bits per heavy atom. The van der Waals surface area contributed by atoms with Crippen LogP contribution in [0.4, 0.5) is 0 Å². The largest absolute Gasteiger partial charge is 0.493 e. The lowest BCUT2D eigenvalue weighted by atomic mass is 9.86. The van der Waals surface area contributed by atoms with Gasteiger partial charge in [-0.1, -0.05) is 24.1 Å². The molecule has 0 aromatic heterocycles. The predicted octanol–water partition coefficient (Wildman–Crippen LogP) is 2.98. The average Bonchev–Trinajstić information content (AvgIpc) is 2.19. The van der Waals surface area contributed by atoms with Crippen LogP contribution in [0.25, 0.3) is 0 Å². The highest BCUT2D eigenvalue weighted by Crippen LogP contribution is 2.30. The van der Waals surface area contributed by atoms with Crippen molar-refractivity contribution in [2.45, 2.75) is 39.5 Å². The molecule has 1 aromatic rings. The lowest BCUT2D eigenvalue weighted by Crippen LogP contribution is -2.20. The summed E-state index contributed by atoms with van der Waals surface area (Å²) in [6, 6.07) is 4.39. The van der Waals surface area contributed by atoms with Crippen LogP contribution in [0.2, 0.25) is 0 Å². The number of ether oxygens (including phenoxy) is 1. The van der Waals surface area contributed by atoms with Crippen molar-refractivity contribution in [3.05, 3.63) is 28.8 Å². The smallest absolute Gasteiger partial charge is 0.125 e. The van der Waals surface area contributed by atoms with Gasteiger partial charge in [0.1, 0.15) is 5.75 Å². The first-order valence-electron chi connectivity index (χ1n) is 6.63. The molecule has 2 N–H and O–H groups in total. The molecule has 94 valence electrons. The fraction of sp³-hybridized carbons (Fsp3) is 0.600. The van der Waals surface area contributed by atoms with Crippen LogP contribution in [-0.4, -0.2) is 13.2 Å². The average molecular weight is 233 g/mol. The first-order chi connectivity index (χ1) is 8.20.